The Bertz CT molecular complexity index is 985. The summed E-state index contributed by atoms with van der Waals surface area (Å²) in [4.78, 5) is 26.0. The minimum Gasteiger partial charge on any atom is -0.339 e. The Morgan fingerprint density at radius 1 is 1.00 bits per heavy atom. The van der Waals surface area contributed by atoms with E-state index < -0.39 is 0 Å². The number of benzene rings is 1. The zero-order valence-electron chi connectivity index (χ0n) is 15.3. The van der Waals surface area contributed by atoms with E-state index in [4.69, 9.17) is 0 Å². The van der Waals surface area contributed by atoms with Crippen LogP contribution in [-0.2, 0) is 4.79 Å². The van der Waals surface area contributed by atoms with Crippen LogP contribution in [0.4, 0.5) is 5.69 Å². The predicted molar refractivity (Wildman–Crippen MR) is 105 cm³/mol. The average molecular weight is 362 g/mol. The number of hydrogen-bond acceptors (Lipinski definition) is 3. The Morgan fingerprint density at radius 3 is 2.44 bits per heavy atom. The lowest BCUT2D eigenvalue weighted by Crippen LogP contribution is -2.35. The fourth-order valence-electron chi connectivity index (χ4n) is 3.59. The molecule has 0 aliphatic carbocycles. The van der Waals surface area contributed by atoms with Gasteiger partial charge in [-0.3, -0.25) is 9.59 Å². The van der Waals surface area contributed by atoms with E-state index >= 15 is 0 Å². The van der Waals surface area contributed by atoms with Gasteiger partial charge in [-0.2, -0.15) is 5.10 Å². The number of pyridine rings is 1. The molecule has 1 saturated heterocycles. The molecule has 3 heterocycles. The molecule has 0 saturated carbocycles. The third kappa shape index (κ3) is 3.43. The number of nitrogens with one attached hydrogen (secondary N) is 1. The number of fused-ring (bicyclic) bond motifs is 1. The molecule has 1 aliphatic rings. The first kappa shape index (κ1) is 17.3. The maximum atomic E-state index is 12.9. The third-order valence-corrected chi connectivity index (χ3v) is 4.92. The van der Waals surface area contributed by atoms with E-state index in [0.717, 1.165) is 48.4 Å². The zero-order valence-corrected chi connectivity index (χ0v) is 15.3. The number of anilines is 1. The summed E-state index contributed by atoms with van der Waals surface area (Å²) in [5, 5.41) is 7.25. The first-order chi connectivity index (χ1) is 13.1. The molecule has 138 valence electrons. The van der Waals surface area contributed by atoms with Gasteiger partial charge in [-0.15, -0.1) is 0 Å². The van der Waals surface area contributed by atoms with E-state index in [9.17, 15) is 9.59 Å². The largest absolute Gasteiger partial charge is 0.339 e. The van der Waals surface area contributed by atoms with Crippen molar-refractivity contribution >= 4 is 23.0 Å². The van der Waals surface area contributed by atoms with E-state index in [1.807, 2.05) is 51.9 Å². The van der Waals surface area contributed by atoms with Crippen LogP contribution in [0.1, 0.15) is 36.5 Å². The Kier molecular flexibility index (Phi) is 4.62. The van der Waals surface area contributed by atoms with Crippen molar-refractivity contribution < 1.29 is 9.59 Å². The molecule has 4 rings (SSSR count). The molecular weight excluding hydrogens is 340 g/mol. The lowest BCUT2D eigenvalue weighted by molar-refractivity contribution is -0.114. The standard InChI is InChI=1S/C21H22N4O2/c1-15(26)23-17-10-8-16(9-11-17)19-6-5-7-20-18(14-22-25(19)20)21(27)24-12-3-2-4-13-24/h5-11,14H,2-4,12-13H2,1H3,(H,23,26). The van der Waals surface area contributed by atoms with Crippen LogP contribution >= 0.6 is 0 Å². The Morgan fingerprint density at radius 2 is 1.74 bits per heavy atom. The number of likely N-dealkylation sites (tertiary alicyclic amines) is 1. The van der Waals surface area contributed by atoms with Crippen LogP contribution in [0.3, 0.4) is 0 Å². The topological polar surface area (TPSA) is 66.7 Å². The number of nitrogens with zero attached hydrogens (tertiary/aromatic N) is 3. The van der Waals surface area contributed by atoms with Crippen LogP contribution in [0.2, 0.25) is 0 Å². The van der Waals surface area contributed by atoms with E-state index in [2.05, 4.69) is 10.4 Å². The van der Waals surface area contributed by atoms with Gasteiger partial charge in [-0.1, -0.05) is 18.2 Å². The van der Waals surface area contributed by atoms with Gasteiger partial charge in [-0.25, -0.2) is 4.52 Å². The van der Waals surface area contributed by atoms with Crippen molar-refractivity contribution in [2.75, 3.05) is 18.4 Å². The van der Waals surface area contributed by atoms with Gasteiger partial charge in [-0.05, 0) is 43.5 Å². The minimum atomic E-state index is -0.0993. The van der Waals surface area contributed by atoms with Gasteiger partial charge in [0.1, 0.15) is 0 Å². The zero-order chi connectivity index (χ0) is 18.8. The van der Waals surface area contributed by atoms with Crippen molar-refractivity contribution in [2.45, 2.75) is 26.2 Å². The monoisotopic (exact) mass is 362 g/mol. The fraction of sp³-hybridized carbons (Fsp3) is 0.286. The number of carbonyl (C=O) groups excluding carboxylic acids is 2. The number of hydrogen-bond donors (Lipinski definition) is 1. The molecule has 1 aromatic carbocycles. The Labute approximate surface area is 157 Å². The molecule has 0 spiro atoms. The van der Waals surface area contributed by atoms with Gasteiger partial charge in [0, 0.05) is 31.3 Å². The summed E-state index contributed by atoms with van der Waals surface area (Å²) < 4.78 is 1.81. The first-order valence-corrected chi connectivity index (χ1v) is 9.27. The Hall–Kier alpha value is -3.15. The highest BCUT2D eigenvalue weighted by molar-refractivity contribution is 6.01. The second-order valence-corrected chi connectivity index (χ2v) is 6.88. The van der Waals surface area contributed by atoms with Crippen molar-refractivity contribution in [1.82, 2.24) is 14.5 Å². The van der Waals surface area contributed by atoms with Gasteiger partial charge in [0.15, 0.2) is 0 Å². The molecule has 1 aliphatic heterocycles. The molecule has 1 fully saturated rings. The maximum Gasteiger partial charge on any atom is 0.257 e. The quantitative estimate of drug-likeness (QED) is 0.774. The molecule has 0 bridgehead atoms. The molecule has 0 radical (unpaired) electrons. The lowest BCUT2D eigenvalue weighted by atomic mass is 10.1. The summed E-state index contributed by atoms with van der Waals surface area (Å²) in [5.41, 5.74) is 4.08. The summed E-state index contributed by atoms with van der Waals surface area (Å²) >= 11 is 0. The summed E-state index contributed by atoms with van der Waals surface area (Å²) in [6, 6.07) is 13.4. The highest BCUT2D eigenvalue weighted by atomic mass is 16.2. The van der Waals surface area contributed by atoms with Crippen LogP contribution in [0.5, 0.6) is 0 Å². The molecule has 3 aromatic rings. The van der Waals surface area contributed by atoms with Crippen molar-refractivity contribution in [3.05, 3.63) is 54.2 Å². The van der Waals surface area contributed by atoms with E-state index in [1.165, 1.54) is 13.3 Å². The van der Waals surface area contributed by atoms with E-state index in [-0.39, 0.29) is 11.8 Å². The van der Waals surface area contributed by atoms with Gasteiger partial charge in [0.2, 0.25) is 5.91 Å². The molecule has 2 amide bonds. The number of rotatable bonds is 3. The highest BCUT2D eigenvalue weighted by Gasteiger charge is 2.22. The van der Waals surface area contributed by atoms with Crippen molar-refractivity contribution in [1.29, 1.82) is 0 Å². The van der Waals surface area contributed by atoms with Crippen LogP contribution in [0.15, 0.2) is 48.7 Å². The maximum absolute atomic E-state index is 12.9. The number of amides is 2. The smallest absolute Gasteiger partial charge is 0.257 e. The minimum absolute atomic E-state index is 0.0582. The Balaban J connectivity index is 1.68. The van der Waals surface area contributed by atoms with Gasteiger partial charge < -0.3 is 10.2 Å². The molecule has 2 aromatic heterocycles. The molecule has 0 unspecified atom stereocenters. The average Bonchev–Trinajstić information content (AvgIpc) is 3.12. The van der Waals surface area contributed by atoms with Crippen LogP contribution < -0.4 is 5.32 Å². The van der Waals surface area contributed by atoms with E-state index in [1.54, 1.807) is 6.20 Å². The summed E-state index contributed by atoms with van der Waals surface area (Å²) in [6.45, 7) is 3.13. The molecule has 27 heavy (non-hydrogen) atoms. The number of piperidine rings is 1. The summed E-state index contributed by atoms with van der Waals surface area (Å²) in [5.74, 6) is -0.0411. The SMILES string of the molecule is CC(=O)Nc1ccc(-c2cccc3c(C(=O)N4CCCCC4)cnn23)cc1. The van der Waals surface area contributed by atoms with Crippen LogP contribution in [0.25, 0.3) is 16.8 Å². The second kappa shape index (κ2) is 7.23. The predicted octanol–water partition coefficient (Wildman–Crippen LogP) is 3.59. The first-order valence-electron chi connectivity index (χ1n) is 9.27. The van der Waals surface area contributed by atoms with Gasteiger partial charge in [0.25, 0.3) is 5.91 Å². The number of carbonyl (C=O) groups is 2. The van der Waals surface area contributed by atoms with Crippen molar-refractivity contribution in [2.24, 2.45) is 0 Å². The fourth-order valence-corrected chi connectivity index (χ4v) is 3.59. The summed E-state index contributed by atoms with van der Waals surface area (Å²) in [6.07, 6.45) is 4.99. The van der Waals surface area contributed by atoms with E-state index in [0.29, 0.717) is 5.56 Å². The highest BCUT2D eigenvalue weighted by Crippen LogP contribution is 2.25. The van der Waals surface area contributed by atoms with Crippen molar-refractivity contribution in [3.8, 4) is 11.3 Å². The van der Waals surface area contributed by atoms with Gasteiger partial charge in [0.05, 0.1) is 23.0 Å². The van der Waals surface area contributed by atoms with Gasteiger partial charge >= 0.3 is 0 Å². The molecule has 6 heteroatoms. The molecule has 1 N–H and O–H groups in total. The van der Waals surface area contributed by atoms with Crippen molar-refractivity contribution in [3.63, 3.8) is 0 Å². The van der Waals surface area contributed by atoms with Crippen LogP contribution in [-0.4, -0.2) is 39.4 Å². The second-order valence-electron chi connectivity index (χ2n) is 6.88. The number of aromatic nitrogens is 2. The van der Waals surface area contributed by atoms with Crippen LogP contribution in [0, 0.1) is 0 Å². The molecule has 6 nitrogen and oxygen atoms in total. The normalized spacial score (nSPS) is 14.3. The summed E-state index contributed by atoms with van der Waals surface area (Å²) in [7, 11) is 0. The lowest BCUT2D eigenvalue weighted by Gasteiger charge is -2.26. The molecular formula is C21H22N4O2. The molecule has 0 atom stereocenters. The third-order valence-electron chi connectivity index (χ3n) is 4.92.